The molecule has 3 nitrogen and oxygen atoms in total. The lowest BCUT2D eigenvalue weighted by molar-refractivity contribution is 0.414. The van der Waals surface area contributed by atoms with E-state index in [0.29, 0.717) is 0 Å². The summed E-state index contributed by atoms with van der Waals surface area (Å²) in [5.74, 6) is 6.22. The van der Waals surface area contributed by atoms with Gasteiger partial charge in [-0.15, -0.1) is 0 Å². The molecule has 0 aromatic heterocycles. The molecule has 2 aromatic rings. The Hall–Kier alpha value is -1.91. The first-order chi connectivity index (χ1) is 9.71. The fourth-order valence-electron chi connectivity index (χ4n) is 2.14. The molecule has 4 heteroatoms. The quantitative estimate of drug-likeness (QED) is 0.628. The Labute approximate surface area is 118 Å². The number of ether oxygens (including phenoxy) is 1. The Kier molecular flexibility index (Phi) is 5.09. The highest BCUT2D eigenvalue weighted by atomic mass is 19.1. The van der Waals surface area contributed by atoms with Gasteiger partial charge < -0.3 is 4.74 Å². The zero-order valence-electron chi connectivity index (χ0n) is 11.5. The van der Waals surface area contributed by atoms with Crippen molar-refractivity contribution in [3.8, 4) is 5.75 Å². The Morgan fingerprint density at radius 3 is 1.95 bits per heavy atom. The number of nitrogens with one attached hydrogen (secondary N) is 1. The first-order valence-electron chi connectivity index (χ1n) is 6.55. The number of halogens is 1. The van der Waals surface area contributed by atoms with Crippen LogP contribution in [0.25, 0.3) is 0 Å². The van der Waals surface area contributed by atoms with Crippen LogP contribution in [0.4, 0.5) is 4.39 Å². The van der Waals surface area contributed by atoms with E-state index in [0.717, 1.165) is 24.2 Å². The largest absolute Gasteiger partial charge is 0.497 e. The Balaban J connectivity index is 1.99. The second-order valence-corrected chi connectivity index (χ2v) is 4.75. The third-order valence-corrected chi connectivity index (χ3v) is 3.27. The number of nitrogens with two attached hydrogens (primary N) is 1. The molecule has 20 heavy (non-hydrogen) atoms. The van der Waals surface area contributed by atoms with Crippen LogP contribution in [-0.2, 0) is 12.8 Å². The van der Waals surface area contributed by atoms with Crippen molar-refractivity contribution in [2.75, 3.05) is 7.11 Å². The molecule has 106 valence electrons. The first kappa shape index (κ1) is 14.5. The molecule has 1 unspecified atom stereocenters. The monoisotopic (exact) mass is 274 g/mol. The molecule has 1 atom stereocenters. The van der Waals surface area contributed by atoms with Gasteiger partial charge in [-0.1, -0.05) is 24.3 Å². The molecule has 0 aliphatic heterocycles. The molecule has 0 heterocycles. The van der Waals surface area contributed by atoms with Crippen molar-refractivity contribution >= 4 is 0 Å². The van der Waals surface area contributed by atoms with Gasteiger partial charge in [-0.25, -0.2) is 4.39 Å². The number of hydrogen-bond acceptors (Lipinski definition) is 3. The fourth-order valence-corrected chi connectivity index (χ4v) is 2.14. The number of hydrazine groups is 1. The Bertz CT molecular complexity index is 525. The van der Waals surface area contributed by atoms with Gasteiger partial charge in [-0.05, 0) is 48.2 Å². The highest BCUT2D eigenvalue weighted by Gasteiger charge is 2.09. The van der Waals surface area contributed by atoms with Crippen LogP contribution in [0.1, 0.15) is 11.1 Å². The van der Waals surface area contributed by atoms with Gasteiger partial charge in [-0.3, -0.25) is 11.3 Å². The molecule has 0 spiro atoms. The molecule has 0 saturated heterocycles. The summed E-state index contributed by atoms with van der Waals surface area (Å²) in [5, 5.41) is 0. The van der Waals surface area contributed by atoms with Crippen molar-refractivity contribution in [2.24, 2.45) is 5.84 Å². The van der Waals surface area contributed by atoms with Crippen LogP contribution in [-0.4, -0.2) is 13.2 Å². The maximum Gasteiger partial charge on any atom is 0.123 e. The molecule has 0 fully saturated rings. The van der Waals surface area contributed by atoms with Gasteiger partial charge in [0.25, 0.3) is 0 Å². The second kappa shape index (κ2) is 7.03. The van der Waals surface area contributed by atoms with Crippen molar-refractivity contribution in [2.45, 2.75) is 18.9 Å². The highest BCUT2D eigenvalue weighted by Crippen LogP contribution is 2.14. The number of benzene rings is 2. The molecule has 0 aliphatic carbocycles. The van der Waals surface area contributed by atoms with Gasteiger partial charge in [0.1, 0.15) is 11.6 Å². The van der Waals surface area contributed by atoms with E-state index in [9.17, 15) is 4.39 Å². The van der Waals surface area contributed by atoms with Crippen LogP contribution in [0.2, 0.25) is 0 Å². The van der Waals surface area contributed by atoms with E-state index in [1.165, 1.54) is 17.7 Å². The molecule has 0 saturated carbocycles. The smallest absolute Gasteiger partial charge is 0.123 e. The van der Waals surface area contributed by atoms with Gasteiger partial charge in [0.05, 0.1) is 7.11 Å². The van der Waals surface area contributed by atoms with E-state index in [1.54, 1.807) is 19.2 Å². The third-order valence-electron chi connectivity index (χ3n) is 3.27. The van der Waals surface area contributed by atoms with Gasteiger partial charge >= 0.3 is 0 Å². The second-order valence-electron chi connectivity index (χ2n) is 4.75. The van der Waals surface area contributed by atoms with Crippen molar-refractivity contribution in [3.05, 3.63) is 65.5 Å². The van der Waals surface area contributed by atoms with Gasteiger partial charge in [0.2, 0.25) is 0 Å². The maximum atomic E-state index is 12.9. The highest BCUT2D eigenvalue weighted by molar-refractivity contribution is 5.28. The molecular weight excluding hydrogens is 255 g/mol. The summed E-state index contributed by atoms with van der Waals surface area (Å²) in [6, 6.07) is 14.5. The minimum atomic E-state index is -0.221. The summed E-state index contributed by atoms with van der Waals surface area (Å²) in [6.45, 7) is 0. The topological polar surface area (TPSA) is 47.3 Å². The first-order valence-corrected chi connectivity index (χ1v) is 6.55. The Morgan fingerprint density at radius 1 is 1.00 bits per heavy atom. The van der Waals surface area contributed by atoms with Crippen molar-refractivity contribution in [1.82, 2.24) is 5.43 Å². The zero-order valence-corrected chi connectivity index (χ0v) is 11.5. The van der Waals surface area contributed by atoms with Crippen LogP contribution >= 0.6 is 0 Å². The van der Waals surface area contributed by atoms with Crippen LogP contribution in [0.3, 0.4) is 0 Å². The third kappa shape index (κ3) is 4.05. The lowest BCUT2D eigenvalue weighted by atomic mass is 9.99. The van der Waals surface area contributed by atoms with Crippen LogP contribution in [0.5, 0.6) is 5.75 Å². The van der Waals surface area contributed by atoms with Crippen molar-refractivity contribution < 1.29 is 9.13 Å². The minimum absolute atomic E-state index is 0.105. The van der Waals surface area contributed by atoms with Crippen molar-refractivity contribution in [3.63, 3.8) is 0 Å². The SMILES string of the molecule is COc1ccc(CC(Cc2ccc(F)cc2)NN)cc1. The maximum absolute atomic E-state index is 12.9. The Morgan fingerprint density at radius 2 is 1.50 bits per heavy atom. The summed E-state index contributed by atoms with van der Waals surface area (Å²) in [4.78, 5) is 0. The molecule has 0 aliphatic rings. The summed E-state index contributed by atoms with van der Waals surface area (Å²) in [6.07, 6.45) is 1.56. The molecule has 0 amide bonds. The molecular formula is C16H19FN2O. The van der Waals surface area contributed by atoms with Gasteiger partial charge in [-0.2, -0.15) is 0 Å². The zero-order chi connectivity index (χ0) is 14.4. The van der Waals surface area contributed by atoms with Crippen LogP contribution in [0.15, 0.2) is 48.5 Å². The van der Waals surface area contributed by atoms with Gasteiger partial charge in [0.15, 0.2) is 0 Å². The van der Waals surface area contributed by atoms with Crippen molar-refractivity contribution in [1.29, 1.82) is 0 Å². The number of methoxy groups -OCH3 is 1. The lowest BCUT2D eigenvalue weighted by Crippen LogP contribution is -2.38. The predicted molar refractivity (Wildman–Crippen MR) is 77.9 cm³/mol. The molecule has 0 bridgehead atoms. The summed E-state index contributed by atoms with van der Waals surface area (Å²) in [5.41, 5.74) is 5.05. The summed E-state index contributed by atoms with van der Waals surface area (Å²) >= 11 is 0. The van der Waals surface area contributed by atoms with E-state index in [1.807, 2.05) is 24.3 Å². The minimum Gasteiger partial charge on any atom is -0.497 e. The molecule has 0 radical (unpaired) electrons. The standard InChI is InChI=1S/C16H19FN2O/c1-20-16-8-4-13(5-9-16)11-15(19-18)10-12-2-6-14(17)7-3-12/h2-9,15,19H,10-11,18H2,1H3. The normalized spacial score (nSPS) is 12.2. The summed E-state index contributed by atoms with van der Waals surface area (Å²) < 4.78 is 18.0. The van der Waals surface area contributed by atoms with E-state index in [4.69, 9.17) is 10.6 Å². The van der Waals surface area contributed by atoms with E-state index in [-0.39, 0.29) is 11.9 Å². The molecule has 3 N–H and O–H groups in total. The summed E-state index contributed by atoms with van der Waals surface area (Å²) in [7, 11) is 1.65. The van der Waals surface area contributed by atoms with E-state index in [2.05, 4.69) is 5.43 Å². The van der Waals surface area contributed by atoms with Crippen LogP contribution < -0.4 is 16.0 Å². The van der Waals surface area contributed by atoms with E-state index >= 15 is 0 Å². The number of hydrogen-bond donors (Lipinski definition) is 2. The van der Waals surface area contributed by atoms with E-state index < -0.39 is 0 Å². The lowest BCUT2D eigenvalue weighted by Gasteiger charge is -2.16. The average molecular weight is 274 g/mol. The van der Waals surface area contributed by atoms with Crippen LogP contribution in [0, 0.1) is 5.82 Å². The molecule has 2 aromatic carbocycles. The average Bonchev–Trinajstić information content (AvgIpc) is 2.49. The predicted octanol–water partition coefficient (Wildman–Crippen LogP) is 2.45. The molecule has 2 rings (SSSR count). The fraction of sp³-hybridized carbons (Fsp3) is 0.250. The number of rotatable bonds is 6. The van der Waals surface area contributed by atoms with Gasteiger partial charge in [0, 0.05) is 6.04 Å².